The molecule has 1 atom stereocenters. The molecule has 1 amide bonds. The van der Waals surface area contributed by atoms with E-state index in [2.05, 4.69) is 29.4 Å². The number of amides is 1. The number of hydrogen-bond donors (Lipinski definition) is 1. The van der Waals surface area contributed by atoms with Crippen molar-refractivity contribution in [2.75, 3.05) is 6.54 Å². The maximum Gasteiger partial charge on any atom is 0.220 e. The molecule has 0 unspecified atom stereocenters. The second-order valence-corrected chi connectivity index (χ2v) is 5.69. The molecule has 0 aliphatic rings. The topological polar surface area (TPSA) is 55.1 Å². The average Bonchev–Trinajstić information content (AvgIpc) is 3.01. The zero-order valence-corrected chi connectivity index (χ0v) is 13.2. The van der Waals surface area contributed by atoms with Gasteiger partial charge in [-0.1, -0.05) is 49.4 Å². The van der Waals surface area contributed by atoms with Crippen LogP contribution in [-0.4, -0.2) is 17.4 Å². The maximum atomic E-state index is 12.0. The van der Waals surface area contributed by atoms with Crippen LogP contribution in [0.4, 0.5) is 0 Å². The molecule has 0 bridgehead atoms. The van der Waals surface area contributed by atoms with Crippen LogP contribution in [0.1, 0.15) is 30.7 Å². The molecule has 4 heteroatoms. The van der Waals surface area contributed by atoms with Crippen LogP contribution in [0.2, 0.25) is 0 Å². The van der Waals surface area contributed by atoms with Crippen molar-refractivity contribution in [3.63, 3.8) is 0 Å². The number of aryl methyl sites for hydroxylation is 1. The van der Waals surface area contributed by atoms with Crippen molar-refractivity contribution >= 4 is 17.0 Å². The Bertz CT molecular complexity index is 747. The van der Waals surface area contributed by atoms with Crippen molar-refractivity contribution in [3.05, 3.63) is 66.1 Å². The van der Waals surface area contributed by atoms with Gasteiger partial charge in [-0.05, 0) is 23.6 Å². The monoisotopic (exact) mass is 308 g/mol. The molecule has 23 heavy (non-hydrogen) atoms. The van der Waals surface area contributed by atoms with E-state index in [0.29, 0.717) is 31.2 Å². The molecule has 118 valence electrons. The normalized spacial score (nSPS) is 12.2. The molecule has 0 fully saturated rings. The Labute approximate surface area is 135 Å². The van der Waals surface area contributed by atoms with Gasteiger partial charge in [0.2, 0.25) is 5.91 Å². The molecular weight excluding hydrogens is 288 g/mol. The van der Waals surface area contributed by atoms with Crippen molar-refractivity contribution in [1.82, 2.24) is 10.3 Å². The zero-order chi connectivity index (χ0) is 16.1. The molecule has 0 spiro atoms. The van der Waals surface area contributed by atoms with E-state index in [1.807, 2.05) is 42.5 Å². The van der Waals surface area contributed by atoms with Crippen LogP contribution in [-0.2, 0) is 11.2 Å². The molecule has 1 N–H and O–H groups in total. The van der Waals surface area contributed by atoms with Gasteiger partial charge < -0.3 is 9.73 Å². The number of carbonyl (C=O) groups excluding carboxylic acids is 1. The maximum absolute atomic E-state index is 12.0. The highest BCUT2D eigenvalue weighted by Crippen LogP contribution is 2.16. The van der Waals surface area contributed by atoms with Crippen LogP contribution < -0.4 is 5.32 Å². The van der Waals surface area contributed by atoms with Gasteiger partial charge >= 0.3 is 0 Å². The van der Waals surface area contributed by atoms with Gasteiger partial charge in [-0.2, -0.15) is 0 Å². The lowest BCUT2D eigenvalue weighted by Gasteiger charge is -2.12. The third-order valence-electron chi connectivity index (χ3n) is 3.88. The fourth-order valence-electron chi connectivity index (χ4n) is 2.50. The third-order valence-corrected chi connectivity index (χ3v) is 3.88. The summed E-state index contributed by atoms with van der Waals surface area (Å²) in [6, 6.07) is 17.8. The molecule has 2 aromatic carbocycles. The third kappa shape index (κ3) is 3.97. The summed E-state index contributed by atoms with van der Waals surface area (Å²) in [5.74, 6) is 0.928. The SMILES string of the molecule is C[C@H](CNC(=O)CCc1nc2ccccc2o1)c1ccccc1. The summed E-state index contributed by atoms with van der Waals surface area (Å²) in [4.78, 5) is 16.4. The Kier molecular flexibility index (Phi) is 4.71. The molecule has 1 heterocycles. The molecule has 0 radical (unpaired) electrons. The van der Waals surface area contributed by atoms with Gasteiger partial charge in [-0.25, -0.2) is 4.98 Å². The fourth-order valence-corrected chi connectivity index (χ4v) is 2.50. The van der Waals surface area contributed by atoms with Crippen LogP contribution in [0, 0.1) is 0 Å². The number of rotatable bonds is 6. The van der Waals surface area contributed by atoms with E-state index in [4.69, 9.17) is 4.42 Å². The van der Waals surface area contributed by atoms with Crippen LogP contribution in [0.15, 0.2) is 59.0 Å². The van der Waals surface area contributed by atoms with Gasteiger partial charge in [0.1, 0.15) is 5.52 Å². The Morgan fingerprint density at radius 2 is 1.87 bits per heavy atom. The minimum Gasteiger partial charge on any atom is -0.441 e. The first-order valence-electron chi connectivity index (χ1n) is 7.88. The fraction of sp³-hybridized carbons (Fsp3) is 0.263. The number of benzene rings is 2. The Morgan fingerprint density at radius 3 is 2.65 bits per heavy atom. The molecule has 3 aromatic rings. The highest BCUT2D eigenvalue weighted by atomic mass is 16.3. The van der Waals surface area contributed by atoms with Crippen LogP contribution in [0.3, 0.4) is 0 Å². The summed E-state index contributed by atoms with van der Waals surface area (Å²) in [7, 11) is 0. The Hall–Kier alpha value is -2.62. The van der Waals surface area contributed by atoms with Crippen molar-refractivity contribution in [1.29, 1.82) is 0 Å². The predicted octanol–water partition coefficient (Wildman–Crippen LogP) is 3.68. The van der Waals surface area contributed by atoms with Gasteiger partial charge in [0.05, 0.1) is 0 Å². The molecular formula is C19H20N2O2. The van der Waals surface area contributed by atoms with E-state index in [0.717, 1.165) is 11.1 Å². The predicted molar refractivity (Wildman–Crippen MR) is 90.2 cm³/mol. The standard InChI is InChI=1S/C19H20N2O2/c1-14(15-7-3-2-4-8-15)13-20-18(22)11-12-19-21-16-9-5-6-10-17(16)23-19/h2-10,14H,11-13H2,1H3,(H,20,22)/t14-/m1/s1. The average molecular weight is 308 g/mol. The first kappa shape index (κ1) is 15.3. The van der Waals surface area contributed by atoms with Gasteiger partial charge in [0, 0.05) is 19.4 Å². The highest BCUT2D eigenvalue weighted by Gasteiger charge is 2.10. The minimum atomic E-state index is 0.0232. The van der Waals surface area contributed by atoms with Crippen LogP contribution >= 0.6 is 0 Å². The summed E-state index contributed by atoms with van der Waals surface area (Å²) >= 11 is 0. The largest absolute Gasteiger partial charge is 0.441 e. The Balaban J connectivity index is 1.48. The van der Waals surface area contributed by atoms with Crippen LogP contribution in [0.5, 0.6) is 0 Å². The summed E-state index contributed by atoms with van der Waals surface area (Å²) in [6.45, 7) is 2.74. The number of carbonyl (C=O) groups is 1. The number of oxazole rings is 1. The molecule has 0 saturated heterocycles. The van der Waals surface area contributed by atoms with E-state index < -0.39 is 0 Å². The van der Waals surface area contributed by atoms with Crippen molar-refractivity contribution in [2.45, 2.75) is 25.7 Å². The molecule has 0 aliphatic heterocycles. The van der Waals surface area contributed by atoms with Gasteiger partial charge in [-0.3, -0.25) is 4.79 Å². The first-order chi connectivity index (χ1) is 11.2. The summed E-state index contributed by atoms with van der Waals surface area (Å²) in [5, 5.41) is 2.98. The van der Waals surface area contributed by atoms with Crippen molar-refractivity contribution < 1.29 is 9.21 Å². The Morgan fingerprint density at radius 1 is 1.13 bits per heavy atom. The second kappa shape index (κ2) is 7.09. The molecule has 3 rings (SSSR count). The smallest absolute Gasteiger partial charge is 0.220 e. The lowest BCUT2D eigenvalue weighted by Crippen LogP contribution is -2.27. The number of fused-ring (bicyclic) bond motifs is 1. The first-order valence-corrected chi connectivity index (χ1v) is 7.88. The van der Waals surface area contributed by atoms with Crippen molar-refractivity contribution in [2.24, 2.45) is 0 Å². The summed E-state index contributed by atoms with van der Waals surface area (Å²) in [6.07, 6.45) is 0.897. The summed E-state index contributed by atoms with van der Waals surface area (Å²) in [5.41, 5.74) is 2.83. The van der Waals surface area contributed by atoms with Gasteiger partial charge in [0.25, 0.3) is 0 Å². The lowest BCUT2D eigenvalue weighted by molar-refractivity contribution is -0.121. The van der Waals surface area contributed by atoms with E-state index in [-0.39, 0.29) is 5.91 Å². The second-order valence-electron chi connectivity index (χ2n) is 5.69. The van der Waals surface area contributed by atoms with E-state index in [1.165, 1.54) is 5.56 Å². The van der Waals surface area contributed by atoms with E-state index in [1.54, 1.807) is 0 Å². The zero-order valence-electron chi connectivity index (χ0n) is 13.2. The number of nitrogens with one attached hydrogen (secondary N) is 1. The van der Waals surface area contributed by atoms with Gasteiger partial charge in [0.15, 0.2) is 11.5 Å². The quantitative estimate of drug-likeness (QED) is 0.755. The van der Waals surface area contributed by atoms with Crippen molar-refractivity contribution in [3.8, 4) is 0 Å². The molecule has 0 aliphatic carbocycles. The number of nitrogens with zero attached hydrogens (tertiary/aromatic N) is 1. The lowest BCUT2D eigenvalue weighted by atomic mass is 10.0. The summed E-state index contributed by atoms with van der Waals surface area (Å²) < 4.78 is 5.62. The van der Waals surface area contributed by atoms with E-state index >= 15 is 0 Å². The minimum absolute atomic E-state index is 0.0232. The van der Waals surface area contributed by atoms with Crippen LogP contribution in [0.25, 0.3) is 11.1 Å². The highest BCUT2D eigenvalue weighted by molar-refractivity contribution is 5.76. The molecule has 0 saturated carbocycles. The number of hydrogen-bond acceptors (Lipinski definition) is 3. The number of para-hydroxylation sites is 2. The molecule has 1 aromatic heterocycles. The number of aromatic nitrogens is 1. The van der Waals surface area contributed by atoms with E-state index in [9.17, 15) is 4.79 Å². The van der Waals surface area contributed by atoms with Gasteiger partial charge in [-0.15, -0.1) is 0 Å². The molecule has 4 nitrogen and oxygen atoms in total.